The predicted octanol–water partition coefficient (Wildman–Crippen LogP) is 2.38. The lowest BCUT2D eigenvalue weighted by molar-refractivity contribution is 0.174. The van der Waals surface area contributed by atoms with Crippen molar-refractivity contribution in [3.05, 3.63) is 29.5 Å². The molecule has 0 radical (unpaired) electrons. The van der Waals surface area contributed by atoms with E-state index in [1.165, 1.54) is 0 Å². The van der Waals surface area contributed by atoms with E-state index in [2.05, 4.69) is 11.0 Å². The molecule has 0 bridgehead atoms. The summed E-state index contributed by atoms with van der Waals surface area (Å²) in [5, 5.41) is 9.40. The van der Waals surface area contributed by atoms with Gasteiger partial charge in [-0.25, -0.2) is 0 Å². The highest BCUT2D eigenvalue weighted by Gasteiger charge is 2.21. The number of nitriles is 1. The van der Waals surface area contributed by atoms with Crippen molar-refractivity contribution in [2.24, 2.45) is 0 Å². The Bertz CT molecular complexity index is 557. The number of rotatable bonds is 1. The van der Waals surface area contributed by atoms with Crippen LogP contribution in [0, 0.1) is 11.3 Å². The van der Waals surface area contributed by atoms with Gasteiger partial charge in [0.1, 0.15) is 6.07 Å². The number of likely N-dealkylation sites (tertiary alicyclic amines) is 1. The normalized spacial score (nSPS) is 19.9. The Morgan fingerprint density at radius 1 is 1.33 bits per heavy atom. The van der Waals surface area contributed by atoms with Gasteiger partial charge in [-0.05, 0) is 36.6 Å². The van der Waals surface area contributed by atoms with Crippen molar-refractivity contribution in [1.82, 2.24) is 4.90 Å². The summed E-state index contributed by atoms with van der Waals surface area (Å²) < 4.78 is 10.6. The smallest absolute Gasteiger partial charge is 0.231 e. The molecule has 18 heavy (non-hydrogen) atoms. The average Bonchev–Trinajstić information content (AvgIpc) is 2.99. The molecule has 0 aliphatic carbocycles. The van der Waals surface area contributed by atoms with Gasteiger partial charge in [0.25, 0.3) is 0 Å². The number of benzene rings is 1. The third-order valence-electron chi connectivity index (χ3n) is 3.43. The highest BCUT2D eigenvalue weighted by Crippen LogP contribution is 2.36. The Morgan fingerprint density at radius 3 is 2.89 bits per heavy atom. The van der Waals surface area contributed by atoms with Gasteiger partial charge >= 0.3 is 0 Å². The van der Waals surface area contributed by atoms with Crippen molar-refractivity contribution in [2.75, 3.05) is 20.4 Å². The van der Waals surface area contributed by atoms with Crippen LogP contribution in [0.15, 0.2) is 23.9 Å². The van der Waals surface area contributed by atoms with Gasteiger partial charge in [0, 0.05) is 19.3 Å². The zero-order chi connectivity index (χ0) is 12.5. The summed E-state index contributed by atoms with van der Waals surface area (Å²) in [4.78, 5) is 2.16. The molecule has 1 saturated heterocycles. The van der Waals surface area contributed by atoms with Gasteiger partial charge in [-0.1, -0.05) is 0 Å². The maximum atomic E-state index is 9.40. The van der Waals surface area contributed by atoms with Crippen molar-refractivity contribution < 1.29 is 9.47 Å². The predicted molar refractivity (Wildman–Crippen MR) is 67.0 cm³/mol. The minimum atomic E-state index is 0.261. The van der Waals surface area contributed by atoms with Gasteiger partial charge < -0.3 is 14.4 Å². The Balaban J connectivity index is 2.05. The topological polar surface area (TPSA) is 45.5 Å². The molecule has 92 valence electrons. The zero-order valence-corrected chi connectivity index (χ0v) is 10.3. The van der Waals surface area contributed by atoms with Gasteiger partial charge in [-0.3, -0.25) is 0 Å². The Labute approximate surface area is 106 Å². The van der Waals surface area contributed by atoms with E-state index in [1.807, 2.05) is 25.2 Å². The third kappa shape index (κ3) is 1.68. The number of ether oxygens (including phenoxy) is 2. The highest BCUT2D eigenvalue weighted by molar-refractivity contribution is 5.80. The number of nitrogens with zero attached hydrogens (tertiary/aromatic N) is 2. The van der Waals surface area contributed by atoms with Crippen LogP contribution in [-0.4, -0.2) is 25.3 Å². The highest BCUT2D eigenvalue weighted by atomic mass is 16.7. The lowest BCUT2D eigenvalue weighted by Crippen LogP contribution is -2.11. The van der Waals surface area contributed by atoms with Crippen LogP contribution in [0.3, 0.4) is 0 Å². The van der Waals surface area contributed by atoms with Crippen LogP contribution >= 0.6 is 0 Å². The first-order valence-electron chi connectivity index (χ1n) is 6.04. The average molecular weight is 242 g/mol. The fraction of sp³-hybridized carbons (Fsp3) is 0.357. The zero-order valence-electron chi connectivity index (χ0n) is 10.3. The SMILES string of the molecule is CN1CCC/C1=C(/C#N)c1ccc2c(c1)OCO2. The molecule has 0 unspecified atom stereocenters. The van der Waals surface area contributed by atoms with Crippen LogP contribution in [0.25, 0.3) is 5.57 Å². The second-order valence-corrected chi connectivity index (χ2v) is 4.53. The minimum Gasteiger partial charge on any atom is -0.454 e. The molecule has 1 aromatic rings. The maximum Gasteiger partial charge on any atom is 0.231 e. The van der Waals surface area contributed by atoms with Gasteiger partial charge in [0.15, 0.2) is 11.5 Å². The summed E-state index contributed by atoms with van der Waals surface area (Å²) in [7, 11) is 2.03. The molecule has 2 aliphatic rings. The third-order valence-corrected chi connectivity index (χ3v) is 3.43. The molecule has 0 aromatic heterocycles. The summed E-state index contributed by atoms with van der Waals surface area (Å²) in [6.45, 7) is 1.28. The van der Waals surface area contributed by atoms with Crippen LogP contribution in [0.2, 0.25) is 0 Å². The molecule has 0 saturated carbocycles. The summed E-state index contributed by atoms with van der Waals surface area (Å²) >= 11 is 0. The van der Waals surface area contributed by atoms with Crippen molar-refractivity contribution >= 4 is 5.57 Å². The van der Waals surface area contributed by atoms with E-state index < -0.39 is 0 Å². The van der Waals surface area contributed by atoms with Crippen LogP contribution in [0.1, 0.15) is 18.4 Å². The largest absolute Gasteiger partial charge is 0.454 e. The van der Waals surface area contributed by atoms with E-state index in [-0.39, 0.29) is 6.79 Å². The van der Waals surface area contributed by atoms with E-state index in [1.54, 1.807) is 0 Å². The van der Waals surface area contributed by atoms with Crippen molar-refractivity contribution in [2.45, 2.75) is 12.8 Å². The molecule has 0 spiro atoms. The van der Waals surface area contributed by atoms with E-state index in [9.17, 15) is 5.26 Å². The number of allylic oxidation sites excluding steroid dienone is 2. The molecule has 0 atom stereocenters. The molecule has 2 aliphatic heterocycles. The van der Waals surface area contributed by atoms with E-state index >= 15 is 0 Å². The summed E-state index contributed by atoms with van der Waals surface area (Å²) in [6, 6.07) is 8.00. The van der Waals surface area contributed by atoms with Crippen molar-refractivity contribution in [3.8, 4) is 17.6 Å². The summed E-state index contributed by atoms with van der Waals surface area (Å²) in [6.07, 6.45) is 2.08. The number of hydrogen-bond donors (Lipinski definition) is 0. The lowest BCUT2D eigenvalue weighted by Gasteiger charge is -2.15. The van der Waals surface area contributed by atoms with Crippen molar-refractivity contribution in [1.29, 1.82) is 5.26 Å². The van der Waals surface area contributed by atoms with Crippen LogP contribution in [0.5, 0.6) is 11.5 Å². The Hall–Kier alpha value is -2.15. The first kappa shape index (κ1) is 11.0. The quantitative estimate of drug-likeness (QED) is 0.709. The van der Waals surface area contributed by atoms with Gasteiger partial charge in [0.2, 0.25) is 6.79 Å². The van der Waals surface area contributed by atoms with E-state index in [0.717, 1.165) is 47.7 Å². The van der Waals surface area contributed by atoms with Gasteiger partial charge in [-0.15, -0.1) is 0 Å². The van der Waals surface area contributed by atoms with Crippen LogP contribution < -0.4 is 9.47 Å². The van der Waals surface area contributed by atoms with E-state index in [4.69, 9.17) is 9.47 Å². The second-order valence-electron chi connectivity index (χ2n) is 4.53. The molecular formula is C14H14N2O2. The number of fused-ring (bicyclic) bond motifs is 1. The fourth-order valence-electron chi connectivity index (χ4n) is 2.47. The van der Waals surface area contributed by atoms with Gasteiger partial charge in [0.05, 0.1) is 5.57 Å². The molecule has 1 fully saturated rings. The van der Waals surface area contributed by atoms with E-state index in [0.29, 0.717) is 0 Å². The molecule has 0 amide bonds. The monoisotopic (exact) mass is 242 g/mol. The standard InChI is InChI=1S/C14H14N2O2/c1-16-6-2-3-12(16)11(8-15)10-4-5-13-14(7-10)18-9-17-13/h4-5,7H,2-3,6,9H2,1H3/b12-11+. The molecule has 2 heterocycles. The Kier molecular flexibility index (Phi) is 2.60. The molecule has 4 nitrogen and oxygen atoms in total. The lowest BCUT2D eigenvalue weighted by atomic mass is 10.0. The molecule has 1 aromatic carbocycles. The van der Waals surface area contributed by atoms with Crippen molar-refractivity contribution in [3.63, 3.8) is 0 Å². The van der Waals surface area contributed by atoms with Crippen LogP contribution in [-0.2, 0) is 0 Å². The van der Waals surface area contributed by atoms with Crippen LogP contribution in [0.4, 0.5) is 0 Å². The first-order chi connectivity index (χ1) is 8.79. The first-order valence-corrected chi connectivity index (χ1v) is 6.04. The summed E-state index contributed by atoms with van der Waals surface area (Å²) in [5.41, 5.74) is 2.77. The second kappa shape index (κ2) is 4.26. The van der Waals surface area contributed by atoms with Gasteiger partial charge in [-0.2, -0.15) is 5.26 Å². The molecule has 4 heteroatoms. The molecule has 3 rings (SSSR count). The number of hydrogen-bond acceptors (Lipinski definition) is 4. The molecular weight excluding hydrogens is 228 g/mol. The Morgan fingerprint density at radius 2 is 2.17 bits per heavy atom. The minimum absolute atomic E-state index is 0.261. The molecule has 0 N–H and O–H groups in total. The fourth-order valence-corrected chi connectivity index (χ4v) is 2.47. The maximum absolute atomic E-state index is 9.40. The summed E-state index contributed by atoms with van der Waals surface area (Å²) in [5.74, 6) is 1.47.